The number of ketones is 1. The number of fused-ring (bicyclic) bond motifs is 1. The molecular weight excluding hydrogens is 352 g/mol. The summed E-state index contributed by atoms with van der Waals surface area (Å²) in [6, 6.07) is 20.3. The van der Waals surface area contributed by atoms with Crippen LogP contribution >= 0.6 is 11.3 Å². The van der Waals surface area contributed by atoms with Crippen molar-refractivity contribution in [1.29, 1.82) is 0 Å². The zero-order valence-corrected chi connectivity index (χ0v) is 16.2. The normalized spacial score (nSPS) is 13.6. The molecule has 0 unspecified atom stereocenters. The van der Waals surface area contributed by atoms with Crippen LogP contribution in [0.2, 0.25) is 0 Å². The summed E-state index contributed by atoms with van der Waals surface area (Å²) in [5.74, 6) is 0.0983. The number of hydrogen-bond acceptors (Lipinski definition) is 3. The summed E-state index contributed by atoms with van der Waals surface area (Å²) >= 11 is 1.70. The van der Waals surface area contributed by atoms with Crippen LogP contribution in [-0.2, 0) is 0 Å². The third-order valence-corrected chi connectivity index (χ3v) is 5.84. The summed E-state index contributed by atoms with van der Waals surface area (Å²) in [5, 5.41) is 6.60. The van der Waals surface area contributed by atoms with E-state index < -0.39 is 0 Å². The van der Waals surface area contributed by atoms with Gasteiger partial charge in [0, 0.05) is 27.5 Å². The maximum atomic E-state index is 13.1. The van der Waals surface area contributed by atoms with Gasteiger partial charge in [0.05, 0.1) is 12.1 Å². The van der Waals surface area contributed by atoms with Gasteiger partial charge in [-0.05, 0) is 36.9 Å². The summed E-state index contributed by atoms with van der Waals surface area (Å²) in [4.78, 5) is 17.5. The zero-order chi connectivity index (χ0) is 18.8. The lowest BCUT2D eigenvalue weighted by Crippen LogP contribution is -2.37. The van der Waals surface area contributed by atoms with Crippen LogP contribution in [0.4, 0.5) is 0 Å². The number of aryl methyl sites for hydroxylation is 1. The summed E-state index contributed by atoms with van der Waals surface area (Å²) in [6.45, 7) is 4.03. The molecule has 0 spiro atoms. The van der Waals surface area contributed by atoms with Gasteiger partial charge < -0.3 is 4.98 Å². The highest BCUT2D eigenvalue weighted by atomic mass is 32.1. The number of carbonyl (C=O) groups excluding carboxylic acids is 1. The van der Waals surface area contributed by atoms with Crippen molar-refractivity contribution in [1.82, 2.24) is 10.3 Å². The largest absolute Gasteiger partial charge is 0.360 e. The molecule has 0 saturated heterocycles. The second-order valence-corrected chi connectivity index (χ2v) is 7.84. The maximum absolute atomic E-state index is 13.1. The van der Waals surface area contributed by atoms with Crippen LogP contribution in [0.3, 0.4) is 0 Å². The van der Waals surface area contributed by atoms with Crippen molar-refractivity contribution >= 4 is 28.0 Å². The Kier molecular flexibility index (Phi) is 4.92. The highest BCUT2D eigenvalue weighted by molar-refractivity contribution is 7.10. The van der Waals surface area contributed by atoms with Gasteiger partial charge in [0.25, 0.3) is 0 Å². The van der Waals surface area contributed by atoms with Crippen LogP contribution in [-0.4, -0.2) is 16.8 Å². The molecule has 0 bridgehead atoms. The van der Waals surface area contributed by atoms with Crippen LogP contribution in [0.1, 0.15) is 39.3 Å². The molecule has 0 aliphatic carbocycles. The van der Waals surface area contributed by atoms with E-state index in [4.69, 9.17) is 0 Å². The van der Waals surface area contributed by atoms with Crippen molar-refractivity contribution in [3.05, 3.63) is 93.8 Å². The van der Waals surface area contributed by atoms with Crippen molar-refractivity contribution in [3.63, 3.8) is 0 Å². The molecule has 4 rings (SSSR count). The van der Waals surface area contributed by atoms with Gasteiger partial charge in [0.15, 0.2) is 5.78 Å². The molecule has 2 atom stereocenters. The molecule has 4 heteroatoms. The van der Waals surface area contributed by atoms with E-state index in [0.717, 1.165) is 16.5 Å². The number of aromatic nitrogens is 1. The van der Waals surface area contributed by atoms with E-state index in [1.807, 2.05) is 37.4 Å². The number of benzene rings is 2. The van der Waals surface area contributed by atoms with Crippen LogP contribution in [0.15, 0.2) is 72.2 Å². The molecule has 0 saturated carbocycles. The van der Waals surface area contributed by atoms with E-state index in [1.165, 1.54) is 16.0 Å². The highest BCUT2D eigenvalue weighted by Crippen LogP contribution is 2.28. The average molecular weight is 375 g/mol. The van der Waals surface area contributed by atoms with Crippen molar-refractivity contribution in [2.24, 2.45) is 0 Å². The number of nitrogens with one attached hydrogen (secondary N) is 2. The van der Waals surface area contributed by atoms with Crippen LogP contribution in [0, 0.1) is 6.92 Å². The summed E-state index contributed by atoms with van der Waals surface area (Å²) in [5.41, 5.74) is 4.12. The molecule has 0 radical (unpaired) electrons. The second-order valence-electron chi connectivity index (χ2n) is 6.86. The van der Waals surface area contributed by atoms with E-state index >= 15 is 0 Å². The third-order valence-electron chi connectivity index (χ3n) is 4.90. The topological polar surface area (TPSA) is 44.9 Å². The monoisotopic (exact) mass is 374 g/mol. The van der Waals surface area contributed by atoms with Crippen LogP contribution < -0.4 is 5.32 Å². The maximum Gasteiger partial charge on any atom is 0.181 e. The number of thiophene rings is 1. The molecule has 0 aliphatic rings. The lowest BCUT2D eigenvalue weighted by atomic mass is 10.00. The first kappa shape index (κ1) is 17.7. The minimum atomic E-state index is -0.308. The molecule has 2 aromatic heterocycles. The number of aromatic amines is 1. The molecule has 2 aromatic carbocycles. The molecule has 136 valence electrons. The number of para-hydroxylation sites is 1. The Labute approximate surface area is 163 Å². The number of H-pyrrole nitrogens is 1. The van der Waals surface area contributed by atoms with Gasteiger partial charge in [-0.15, -0.1) is 11.3 Å². The van der Waals surface area contributed by atoms with Crippen LogP contribution in [0.5, 0.6) is 0 Å². The lowest BCUT2D eigenvalue weighted by molar-refractivity contribution is 0.0949. The SMILES string of the molecule is Cc1ccc([C@H](N[C@H](C)C(=O)c2c[nH]c3ccccc23)c2cccs2)cc1. The summed E-state index contributed by atoms with van der Waals surface area (Å²) in [7, 11) is 0. The molecule has 0 aliphatic heterocycles. The van der Waals surface area contributed by atoms with E-state index in [1.54, 1.807) is 11.3 Å². The molecule has 3 nitrogen and oxygen atoms in total. The predicted octanol–water partition coefficient (Wildman–Crippen LogP) is 5.49. The fourth-order valence-electron chi connectivity index (χ4n) is 3.39. The number of Topliss-reactive ketones (excluding diaryl/α,β-unsaturated/α-hetero) is 1. The minimum Gasteiger partial charge on any atom is -0.360 e. The Morgan fingerprint density at radius 2 is 1.81 bits per heavy atom. The highest BCUT2D eigenvalue weighted by Gasteiger charge is 2.24. The fourth-order valence-corrected chi connectivity index (χ4v) is 4.20. The van der Waals surface area contributed by atoms with Gasteiger partial charge in [-0.3, -0.25) is 10.1 Å². The van der Waals surface area contributed by atoms with Crippen molar-refractivity contribution in [2.75, 3.05) is 0 Å². The van der Waals surface area contributed by atoms with Gasteiger partial charge in [-0.1, -0.05) is 54.1 Å². The Morgan fingerprint density at radius 3 is 2.56 bits per heavy atom. The molecular formula is C23H22N2OS. The zero-order valence-electron chi connectivity index (χ0n) is 15.4. The lowest BCUT2D eigenvalue weighted by Gasteiger charge is -2.22. The van der Waals surface area contributed by atoms with E-state index in [9.17, 15) is 4.79 Å². The number of hydrogen-bond donors (Lipinski definition) is 2. The quantitative estimate of drug-likeness (QED) is 0.438. The molecule has 0 fully saturated rings. The molecule has 2 N–H and O–H groups in total. The van der Waals surface area contributed by atoms with Crippen molar-refractivity contribution in [3.8, 4) is 0 Å². The molecule has 4 aromatic rings. The Balaban J connectivity index is 1.62. The Morgan fingerprint density at radius 1 is 1.04 bits per heavy atom. The Bertz CT molecular complexity index is 1050. The first-order valence-electron chi connectivity index (χ1n) is 9.10. The Hall–Kier alpha value is -2.69. The van der Waals surface area contributed by atoms with Crippen molar-refractivity contribution in [2.45, 2.75) is 25.9 Å². The number of rotatable bonds is 6. The van der Waals surface area contributed by atoms with Gasteiger partial charge in [0.1, 0.15) is 0 Å². The summed E-state index contributed by atoms with van der Waals surface area (Å²) < 4.78 is 0. The predicted molar refractivity (Wildman–Crippen MR) is 113 cm³/mol. The van der Waals surface area contributed by atoms with Crippen molar-refractivity contribution < 1.29 is 4.79 Å². The summed E-state index contributed by atoms with van der Waals surface area (Å²) in [6.07, 6.45) is 1.82. The van der Waals surface area contributed by atoms with Gasteiger partial charge in [-0.25, -0.2) is 0 Å². The second kappa shape index (κ2) is 7.51. The molecule has 0 amide bonds. The molecule has 2 heterocycles. The smallest absolute Gasteiger partial charge is 0.181 e. The van der Waals surface area contributed by atoms with Gasteiger partial charge in [0.2, 0.25) is 0 Å². The van der Waals surface area contributed by atoms with Crippen LogP contribution in [0.25, 0.3) is 10.9 Å². The fraction of sp³-hybridized carbons (Fsp3) is 0.174. The standard InChI is InChI=1S/C23H22N2OS/c1-15-9-11-17(12-10-15)22(21-8-5-13-27-21)25-16(2)23(26)19-14-24-20-7-4-3-6-18(19)20/h3-14,16,22,24-25H,1-2H3/t16-,22+/m1/s1. The third kappa shape index (κ3) is 3.59. The number of carbonyl (C=O) groups is 1. The first-order chi connectivity index (χ1) is 13.1. The van der Waals surface area contributed by atoms with E-state index in [2.05, 4.69) is 59.0 Å². The minimum absolute atomic E-state index is 0.00486. The van der Waals surface area contributed by atoms with Gasteiger partial charge in [-0.2, -0.15) is 0 Å². The van der Waals surface area contributed by atoms with Gasteiger partial charge >= 0.3 is 0 Å². The average Bonchev–Trinajstić information content (AvgIpc) is 3.36. The molecule has 27 heavy (non-hydrogen) atoms. The first-order valence-corrected chi connectivity index (χ1v) is 9.98. The van der Waals surface area contributed by atoms with E-state index in [0.29, 0.717) is 0 Å². The van der Waals surface area contributed by atoms with E-state index in [-0.39, 0.29) is 17.9 Å².